The average Bonchev–Trinajstić information content (AvgIpc) is 3.12. The van der Waals surface area contributed by atoms with E-state index in [-0.39, 0.29) is 63.7 Å². The Morgan fingerprint density at radius 2 is 1.68 bits per heavy atom. The van der Waals surface area contributed by atoms with Gasteiger partial charge < -0.3 is 9.84 Å². The molecule has 0 fully saturated rings. The second kappa shape index (κ2) is 10.7. The van der Waals surface area contributed by atoms with Crippen molar-refractivity contribution in [3.63, 3.8) is 0 Å². The van der Waals surface area contributed by atoms with Crippen LogP contribution in [0.25, 0.3) is 5.65 Å². The Kier molecular flexibility index (Phi) is 8.22. The number of rotatable bonds is 7. The van der Waals surface area contributed by atoms with Gasteiger partial charge in [0.1, 0.15) is 17.2 Å². The van der Waals surface area contributed by atoms with Crippen LogP contribution in [0.15, 0.2) is 71.8 Å². The van der Waals surface area contributed by atoms with Gasteiger partial charge in [0.2, 0.25) is 0 Å². The van der Waals surface area contributed by atoms with Gasteiger partial charge in [-0.25, -0.2) is 26.9 Å². The van der Waals surface area contributed by atoms with E-state index >= 15 is 0 Å². The standard InChI is InChI=1S/C23H17F4N3O5S.Na.H/c1-14-21(28-20-11-6-17(24)13-29(14)20)30(12-15-2-7-18(8-3-15)35-23(25,26)27)36(33,34)19-9-4-16(5-10-19)22(31)32;;/h2-11,13H,12H2,1H3,(H,31,32);;. The third-order valence-electron chi connectivity index (χ3n) is 5.20. The van der Waals surface area contributed by atoms with Crippen molar-refractivity contribution in [2.24, 2.45) is 0 Å². The van der Waals surface area contributed by atoms with Crippen LogP contribution in [-0.2, 0) is 16.6 Å². The van der Waals surface area contributed by atoms with Crippen LogP contribution < -0.4 is 9.04 Å². The average molecular weight is 547 g/mol. The van der Waals surface area contributed by atoms with Crippen molar-refractivity contribution in [1.29, 1.82) is 0 Å². The number of aromatic carboxylic acids is 1. The van der Waals surface area contributed by atoms with Crippen molar-refractivity contribution < 1.29 is 40.6 Å². The second-order valence-electron chi connectivity index (χ2n) is 7.63. The minimum atomic E-state index is -4.89. The maximum absolute atomic E-state index is 13.8. The summed E-state index contributed by atoms with van der Waals surface area (Å²) in [6, 6.07) is 11.6. The summed E-state index contributed by atoms with van der Waals surface area (Å²) in [5, 5.41) is 9.11. The van der Waals surface area contributed by atoms with Gasteiger partial charge in [0.05, 0.1) is 22.7 Å². The molecule has 0 saturated heterocycles. The van der Waals surface area contributed by atoms with Crippen LogP contribution in [0, 0.1) is 12.7 Å². The molecule has 0 saturated carbocycles. The zero-order chi connectivity index (χ0) is 26.3. The number of sulfonamides is 1. The number of benzene rings is 2. The van der Waals surface area contributed by atoms with Crippen LogP contribution in [0.1, 0.15) is 21.6 Å². The van der Waals surface area contributed by atoms with Gasteiger partial charge in [0.25, 0.3) is 10.0 Å². The first kappa shape index (κ1) is 28.4. The van der Waals surface area contributed by atoms with E-state index in [1.54, 1.807) is 0 Å². The molecule has 2 heterocycles. The van der Waals surface area contributed by atoms with Gasteiger partial charge in [0.15, 0.2) is 5.82 Å². The van der Waals surface area contributed by atoms with Crippen LogP contribution in [-0.4, -0.2) is 64.8 Å². The molecule has 8 nitrogen and oxygen atoms in total. The first-order valence-corrected chi connectivity index (χ1v) is 11.6. The zero-order valence-corrected chi connectivity index (χ0v) is 19.2. The summed E-state index contributed by atoms with van der Waals surface area (Å²) in [6.07, 6.45) is -3.75. The number of carboxylic acids is 1. The Morgan fingerprint density at radius 3 is 2.24 bits per heavy atom. The van der Waals surface area contributed by atoms with Crippen LogP contribution in [0.5, 0.6) is 5.75 Å². The van der Waals surface area contributed by atoms with Crippen LogP contribution >= 0.6 is 0 Å². The molecular formula is C23H18F4N3NaO5S. The monoisotopic (exact) mass is 547 g/mol. The van der Waals surface area contributed by atoms with E-state index in [1.807, 2.05) is 0 Å². The minimum absolute atomic E-state index is 0. The number of pyridine rings is 1. The molecule has 0 aliphatic rings. The fraction of sp³-hybridized carbons (Fsp3) is 0.130. The normalized spacial score (nSPS) is 11.7. The molecule has 2 aromatic carbocycles. The number of halogens is 4. The summed E-state index contributed by atoms with van der Waals surface area (Å²) >= 11 is 0. The van der Waals surface area contributed by atoms with Crippen molar-refractivity contribution in [3.05, 3.63) is 89.5 Å². The number of anilines is 1. The molecular weight excluding hydrogens is 529 g/mol. The van der Waals surface area contributed by atoms with E-state index < -0.39 is 33.9 Å². The Labute approximate surface area is 230 Å². The van der Waals surface area contributed by atoms with E-state index in [4.69, 9.17) is 5.11 Å². The molecule has 4 aromatic rings. The van der Waals surface area contributed by atoms with Gasteiger partial charge in [0, 0.05) is 6.20 Å². The number of carboxylic acid groups (broad SMARTS) is 1. The van der Waals surface area contributed by atoms with Crippen molar-refractivity contribution in [3.8, 4) is 5.75 Å². The number of ether oxygens (including phenoxy) is 1. The molecule has 0 aliphatic heterocycles. The van der Waals surface area contributed by atoms with Crippen molar-refractivity contribution >= 4 is 57.0 Å². The Hall–Kier alpha value is -3.13. The van der Waals surface area contributed by atoms with Crippen molar-refractivity contribution in [2.75, 3.05) is 4.31 Å². The predicted molar refractivity (Wildman–Crippen MR) is 127 cm³/mol. The van der Waals surface area contributed by atoms with Crippen LogP contribution in [0.3, 0.4) is 0 Å². The fourth-order valence-electron chi connectivity index (χ4n) is 3.49. The molecule has 0 spiro atoms. The first-order valence-electron chi connectivity index (χ1n) is 10.2. The summed E-state index contributed by atoms with van der Waals surface area (Å²) in [5.74, 6) is -2.34. The molecule has 2 aromatic heterocycles. The summed E-state index contributed by atoms with van der Waals surface area (Å²) < 4.78 is 84.7. The van der Waals surface area contributed by atoms with Gasteiger partial charge >= 0.3 is 41.9 Å². The molecule has 0 radical (unpaired) electrons. The summed E-state index contributed by atoms with van der Waals surface area (Å²) in [5.41, 5.74) is 0.726. The fourth-order valence-corrected chi connectivity index (χ4v) is 4.95. The number of aryl methyl sites for hydroxylation is 1. The van der Waals surface area contributed by atoms with Crippen molar-refractivity contribution in [1.82, 2.24) is 9.38 Å². The number of carbonyl (C=O) groups is 1. The summed E-state index contributed by atoms with van der Waals surface area (Å²) in [7, 11) is -4.35. The van der Waals surface area contributed by atoms with E-state index in [0.29, 0.717) is 5.56 Å². The van der Waals surface area contributed by atoms with E-state index in [9.17, 15) is 30.8 Å². The molecule has 0 unspecified atom stereocenters. The Bertz CT molecular complexity index is 1540. The quantitative estimate of drug-likeness (QED) is 0.276. The number of hydrogen-bond donors (Lipinski definition) is 1. The SMILES string of the molecule is Cc1c(N(Cc2ccc(OC(F)(F)F)cc2)S(=O)(=O)c2ccc(C(=O)O)cc2)nc2ccc(F)cn12.[NaH]. The third kappa shape index (κ3) is 6.24. The van der Waals surface area contributed by atoms with E-state index in [0.717, 1.165) is 53.0 Å². The number of imidazole rings is 1. The summed E-state index contributed by atoms with van der Waals surface area (Å²) in [4.78, 5) is 15.2. The molecule has 4 rings (SSSR count). The number of aromatic nitrogens is 2. The summed E-state index contributed by atoms with van der Waals surface area (Å²) in [6.45, 7) is 1.19. The zero-order valence-electron chi connectivity index (χ0n) is 18.4. The van der Waals surface area contributed by atoms with Gasteiger partial charge in [-0.2, -0.15) is 0 Å². The third-order valence-corrected chi connectivity index (χ3v) is 6.96. The molecule has 1 N–H and O–H groups in total. The Morgan fingerprint density at radius 1 is 1.05 bits per heavy atom. The molecule has 190 valence electrons. The maximum atomic E-state index is 13.8. The topological polar surface area (TPSA) is 101 Å². The van der Waals surface area contributed by atoms with Crippen LogP contribution in [0.4, 0.5) is 23.4 Å². The van der Waals surface area contributed by atoms with E-state index in [1.165, 1.54) is 29.5 Å². The molecule has 37 heavy (non-hydrogen) atoms. The number of nitrogens with zero attached hydrogens (tertiary/aromatic N) is 3. The molecule has 0 amide bonds. The molecule has 0 aliphatic carbocycles. The van der Waals surface area contributed by atoms with Crippen molar-refractivity contribution in [2.45, 2.75) is 24.7 Å². The van der Waals surface area contributed by atoms with Gasteiger partial charge in [-0.15, -0.1) is 13.2 Å². The van der Waals surface area contributed by atoms with E-state index in [2.05, 4.69) is 9.72 Å². The second-order valence-corrected chi connectivity index (χ2v) is 9.49. The van der Waals surface area contributed by atoms with Gasteiger partial charge in [-0.05, 0) is 61.0 Å². The number of hydrogen-bond acceptors (Lipinski definition) is 5. The molecule has 0 atom stereocenters. The molecule has 14 heteroatoms. The number of fused-ring (bicyclic) bond motifs is 1. The van der Waals surface area contributed by atoms with Gasteiger partial charge in [-0.3, -0.25) is 4.40 Å². The van der Waals surface area contributed by atoms with Crippen LogP contribution in [0.2, 0.25) is 0 Å². The molecule has 0 bridgehead atoms. The predicted octanol–water partition coefficient (Wildman–Crippen LogP) is 4.13. The van der Waals surface area contributed by atoms with Gasteiger partial charge in [-0.1, -0.05) is 12.1 Å². The first-order chi connectivity index (χ1) is 16.8. The Balaban J connectivity index is 0.00000380. The number of alkyl halides is 3.